The minimum absolute atomic E-state index is 0.167. The molecule has 0 radical (unpaired) electrons. The molecule has 0 unspecified atom stereocenters. The van der Waals surface area contributed by atoms with Gasteiger partial charge in [0.05, 0.1) is 28.0 Å². The van der Waals surface area contributed by atoms with Crippen LogP contribution in [-0.2, 0) is 13.1 Å². The van der Waals surface area contributed by atoms with Crippen LogP contribution < -0.4 is 10.9 Å². The van der Waals surface area contributed by atoms with Gasteiger partial charge in [0.25, 0.3) is 5.56 Å². The van der Waals surface area contributed by atoms with Crippen molar-refractivity contribution in [2.45, 2.75) is 32.0 Å². The number of piperidine rings is 1. The van der Waals surface area contributed by atoms with Gasteiger partial charge < -0.3 is 5.32 Å². The molecule has 0 saturated carbocycles. The van der Waals surface area contributed by atoms with Crippen LogP contribution in [0.25, 0.3) is 11.0 Å². The van der Waals surface area contributed by atoms with Crippen LogP contribution in [0.1, 0.15) is 30.1 Å². The molecule has 1 saturated heterocycles. The van der Waals surface area contributed by atoms with Crippen molar-refractivity contribution in [2.75, 3.05) is 18.4 Å². The van der Waals surface area contributed by atoms with Gasteiger partial charge in [-0.3, -0.25) is 24.3 Å². The second-order valence-electron chi connectivity index (χ2n) is 8.17. The van der Waals surface area contributed by atoms with Crippen LogP contribution in [0.2, 0.25) is 10.0 Å². The van der Waals surface area contributed by atoms with E-state index in [0.29, 0.717) is 33.6 Å². The topological polar surface area (TPSA) is 91.7 Å². The van der Waals surface area contributed by atoms with Gasteiger partial charge in [0.2, 0.25) is 5.95 Å². The number of rotatable bonds is 6. The summed E-state index contributed by atoms with van der Waals surface area (Å²) in [4.78, 5) is 27.1. The van der Waals surface area contributed by atoms with Crippen LogP contribution in [0.5, 0.6) is 0 Å². The Morgan fingerprint density at radius 3 is 2.73 bits per heavy atom. The zero-order valence-electron chi connectivity index (χ0n) is 17.8. The molecule has 0 atom stereocenters. The van der Waals surface area contributed by atoms with Crippen molar-refractivity contribution in [3.63, 3.8) is 0 Å². The highest BCUT2D eigenvalue weighted by Crippen LogP contribution is 2.26. The summed E-state index contributed by atoms with van der Waals surface area (Å²) in [6, 6.07) is 11.6. The number of halogens is 2. The average molecular weight is 484 g/mol. The summed E-state index contributed by atoms with van der Waals surface area (Å²) in [6.45, 7) is 3.14. The molecule has 0 bridgehead atoms. The van der Waals surface area contributed by atoms with Gasteiger partial charge in [-0.25, -0.2) is 4.98 Å². The first-order valence-electron chi connectivity index (χ1n) is 10.8. The number of pyridine rings is 1. The highest BCUT2D eigenvalue weighted by molar-refractivity contribution is 6.42. The third-order valence-corrected chi connectivity index (χ3v) is 6.65. The van der Waals surface area contributed by atoms with E-state index in [2.05, 4.69) is 30.3 Å². The van der Waals surface area contributed by atoms with E-state index in [1.807, 2.05) is 35.1 Å². The lowest BCUT2D eigenvalue weighted by Crippen LogP contribution is -2.35. The number of aromatic nitrogens is 5. The van der Waals surface area contributed by atoms with Crippen molar-refractivity contribution in [2.24, 2.45) is 0 Å². The lowest BCUT2D eigenvalue weighted by Gasteiger charge is -2.31. The molecular formula is C23H23Cl2N7O. The van der Waals surface area contributed by atoms with Crippen LogP contribution in [-0.4, -0.2) is 42.7 Å². The summed E-state index contributed by atoms with van der Waals surface area (Å²) >= 11 is 12.0. The van der Waals surface area contributed by atoms with Crippen molar-refractivity contribution >= 4 is 40.2 Å². The minimum atomic E-state index is -0.204. The molecular weight excluding hydrogens is 461 g/mol. The molecule has 0 spiro atoms. The van der Waals surface area contributed by atoms with Gasteiger partial charge in [-0.2, -0.15) is 5.10 Å². The zero-order chi connectivity index (χ0) is 22.8. The van der Waals surface area contributed by atoms with Gasteiger partial charge in [0, 0.05) is 32.4 Å². The molecule has 1 aromatic carbocycles. The Kier molecular flexibility index (Phi) is 6.30. The van der Waals surface area contributed by atoms with E-state index >= 15 is 0 Å². The average Bonchev–Trinajstić information content (AvgIpc) is 3.26. The number of nitrogens with one attached hydrogen (secondary N) is 2. The standard InChI is InChI=1S/C23H23Cl2N7O/c24-18-5-4-15(11-19(18)25)12-27-23-29-20-13-28-32(21(20)22(33)30-23)17-6-9-31(10-7-17)14-16-3-1-2-8-26-16/h1-5,8,11,13,17H,6-7,9-10,12,14H2,(H2,27,29,30,33). The monoisotopic (exact) mass is 483 g/mol. The maximum atomic E-state index is 12.9. The van der Waals surface area contributed by atoms with Gasteiger partial charge in [-0.15, -0.1) is 0 Å². The number of hydrogen-bond acceptors (Lipinski definition) is 6. The fraction of sp³-hybridized carbons (Fsp3) is 0.304. The number of fused-ring (bicyclic) bond motifs is 1. The Bertz CT molecular complexity index is 1310. The Balaban J connectivity index is 1.26. The van der Waals surface area contributed by atoms with Gasteiger partial charge in [-0.1, -0.05) is 35.3 Å². The van der Waals surface area contributed by atoms with Crippen molar-refractivity contribution < 1.29 is 0 Å². The number of H-pyrrole nitrogens is 1. The third kappa shape index (κ3) is 4.88. The summed E-state index contributed by atoms with van der Waals surface area (Å²) < 4.78 is 1.84. The largest absolute Gasteiger partial charge is 0.352 e. The molecule has 4 heterocycles. The molecule has 1 aliphatic rings. The van der Waals surface area contributed by atoms with Crippen molar-refractivity contribution in [3.8, 4) is 0 Å². The summed E-state index contributed by atoms with van der Waals surface area (Å²) in [5.41, 5.74) is 2.89. The fourth-order valence-corrected chi connectivity index (χ4v) is 4.53. The van der Waals surface area contributed by atoms with Crippen LogP contribution >= 0.6 is 23.2 Å². The van der Waals surface area contributed by atoms with E-state index in [1.165, 1.54) is 0 Å². The summed E-state index contributed by atoms with van der Waals surface area (Å²) in [5, 5.41) is 8.64. The summed E-state index contributed by atoms with van der Waals surface area (Å²) in [7, 11) is 0. The minimum Gasteiger partial charge on any atom is -0.352 e. The second-order valence-corrected chi connectivity index (χ2v) is 8.98. The maximum absolute atomic E-state index is 12.9. The van der Waals surface area contributed by atoms with E-state index < -0.39 is 0 Å². The number of aromatic amines is 1. The van der Waals surface area contributed by atoms with Gasteiger partial charge in [-0.05, 0) is 42.7 Å². The lowest BCUT2D eigenvalue weighted by molar-refractivity contribution is 0.174. The molecule has 8 nitrogen and oxygen atoms in total. The molecule has 33 heavy (non-hydrogen) atoms. The molecule has 4 aromatic rings. The van der Waals surface area contributed by atoms with Crippen molar-refractivity contribution in [3.05, 3.63) is 80.4 Å². The van der Waals surface area contributed by atoms with Crippen LogP contribution in [0.15, 0.2) is 53.6 Å². The van der Waals surface area contributed by atoms with E-state index in [4.69, 9.17) is 23.2 Å². The Morgan fingerprint density at radius 1 is 1.12 bits per heavy atom. The molecule has 170 valence electrons. The van der Waals surface area contributed by atoms with Gasteiger partial charge >= 0.3 is 0 Å². The number of nitrogens with zero attached hydrogens (tertiary/aromatic N) is 5. The van der Waals surface area contributed by atoms with Crippen molar-refractivity contribution in [1.29, 1.82) is 0 Å². The first-order valence-corrected chi connectivity index (χ1v) is 11.6. The van der Waals surface area contributed by atoms with Gasteiger partial charge in [0.1, 0.15) is 5.52 Å². The summed E-state index contributed by atoms with van der Waals surface area (Å²) in [6.07, 6.45) is 5.32. The molecule has 1 aliphatic heterocycles. The van der Waals surface area contributed by atoms with Crippen molar-refractivity contribution in [1.82, 2.24) is 29.6 Å². The molecule has 5 rings (SSSR count). The number of hydrogen-bond donors (Lipinski definition) is 2. The van der Waals surface area contributed by atoms with Crippen LogP contribution in [0.3, 0.4) is 0 Å². The molecule has 0 aliphatic carbocycles. The number of benzene rings is 1. The quantitative estimate of drug-likeness (QED) is 0.425. The molecule has 2 N–H and O–H groups in total. The molecule has 0 amide bonds. The lowest BCUT2D eigenvalue weighted by atomic mass is 10.0. The number of anilines is 1. The zero-order valence-corrected chi connectivity index (χ0v) is 19.4. The van der Waals surface area contributed by atoms with E-state index in [1.54, 1.807) is 18.3 Å². The van der Waals surface area contributed by atoms with E-state index in [0.717, 1.165) is 43.7 Å². The summed E-state index contributed by atoms with van der Waals surface area (Å²) in [5.74, 6) is 0.392. The first-order chi connectivity index (χ1) is 16.1. The SMILES string of the molecule is O=c1[nH]c(NCc2ccc(Cl)c(Cl)c2)nc2cnn(C3CCN(Cc4ccccn4)CC3)c12. The fourth-order valence-electron chi connectivity index (χ4n) is 4.21. The number of likely N-dealkylation sites (tertiary alicyclic amines) is 1. The van der Waals surface area contributed by atoms with E-state index in [9.17, 15) is 4.79 Å². The molecule has 10 heteroatoms. The normalized spacial score (nSPS) is 15.2. The third-order valence-electron chi connectivity index (χ3n) is 5.91. The Labute approximate surface area is 200 Å². The maximum Gasteiger partial charge on any atom is 0.278 e. The predicted molar refractivity (Wildman–Crippen MR) is 130 cm³/mol. The van der Waals surface area contributed by atoms with E-state index in [-0.39, 0.29) is 11.6 Å². The van der Waals surface area contributed by atoms with Gasteiger partial charge in [0.15, 0.2) is 5.52 Å². The predicted octanol–water partition coefficient (Wildman–Crippen LogP) is 4.27. The smallest absolute Gasteiger partial charge is 0.278 e. The first kappa shape index (κ1) is 21.9. The van der Waals surface area contributed by atoms with Crippen LogP contribution in [0.4, 0.5) is 5.95 Å². The highest BCUT2D eigenvalue weighted by atomic mass is 35.5. The highest BCUT2D eigenvalue weighted by Gasteiger charge is 2.24. The molecule has 3 aromatic heterocycles. The van der Waals surface area contributed by atoms with Crippen LogP contribution in [0, 0.1) is 0 Å². The second kappa shape index (κ2) is 9.51. The Hall–Kier alpha value is -2.94. The Morgan fingerprint density at radius 2 is 1.97 bits per heavy atom. The molecule has 1 fully saturated rings.